The number of hydrogen-bond donors (Lipinski definition) is 2. The Balaban J connectivity index is 2.38. The summed E-state index contributed by atoms with van der Waals surface area (Å²) in [5.41, 5.74) is 1.40. The first-order chi connectivity index (χ1) is 9.70. The summed E-state index contributed by atoms with van der Waals surface area (Å²) in [5, 5.41) is 8.93. The van der Waals surface area contributed by atoms with E-state index in [1.807, 2.05) is 6.92 Å². The maximum Gasteiger partial charge on any atom is 0.345 e. The van der Waals surface area contributed by atoms with Crippen molar-refractivity contribution in [1.29, 1.82) is 0 Å². The molecule has 112 valence electrons. The van der Waals surface area contributed by atoms with E-state index in [-0.39, 0.29) is 9.77 Å². The fourth-order valence-electron chi connectivity index (χ4n) is 1.70. The quantitative estimate of drug-likeness (QED) is 0.835. The van der Waals surface area contributed by atoms with Gasteiger partial charge in [-0.1, -0.05) is 22.0 Å². The number of halogens is 1. The van der Waals surface area contributed by atoms with E-state index in [0.717, 1.165) is 21.4 Å². The molecule has 0 spiro atoms. The van der Waals surface area contributed by atoms with Gasteiger partial charge in [0.2, 0.25) is 0 Å². The monoisotopic (exact) mass is 389 g/mol. The van der Waals surface area contributed by atoms with Crippen LogP contribution in [0, 0.1) is 13.8 Å². The van der Waals surface area contributed by atoms with Crippen LogP contribution >= 0.6 is 27.3 Å². The maximum atomic E-state index is 12.3. The lowest BCUT2D eigenvalue weighted by Gasteiger charge is -2.09. The number of nitrogens with one attached hydrogen (secondary N) is 1. The molecule has 0 radical (unpaired) electrons. The Morgan fingerprint density at radius 1 is 1.29 bits per heavy atom. The van der Waals surface area contributed by atoms with Crippen LogP contribution < -0.4 is 4.72 Å². The molecule has 5 nitrogen and oxygen atoms in total. The molecule has 21 heavy (non-hydrogen) atoms. The van der Waals surface area contributed by atoms with Gasteiger partial charge in [0, 0.05) is 15.0 Å². The lowest BCUT2D eigenvalue weighted by Crippen LogP contribution is -2.13. The number of carbonyl (C=O) groups is 1. The first-order valence-electron chi connectivity index (χ1n) is 5.83. The zero-order valence-electron chi connectivity index (χ0n) is 11.2. The Bertz CT molecular complexity index is 812. The van der Waals surface area contributed by atoms with E-state index in [2.05, 4.69) is 20.7 Å². The highest BCUT2D eigenvalue weighted by atomic mass is 79.9. The van der Waals surface area contributed by atoms with Gasteiger partial charge in [-0.25, -0.2) is 13.2 Å². The zero-order chi connectivity index (χ0) is 15.8. The molecule has 0 aliphatic heterocycles. The van der Waals surface area contributed by atoms with Gasteiger partial charge in [-0.3, -0.25) is 4.72 Å². The minimum Gasteiger partial charge on any atom is -0.477 e. The second-order valence-corrected chi connectivity index (χ2v) is 8.17. The number of aryl methyl sites for hydroxylation is 2. The maximum absolute atomic E-state index is 12.3. The predicted octanol–water partition coefficient (Wildman–Crippen LogP) is 3.63. The van der Waals surface area contributed by atoms with Crippen molar-refractivity contribution in [2.24, 2.45) is 0 Å². The van der Waals surface area contributed by atoms with Crippen LogP contribution in [0.1, 0.15) is 20.1 Å². The molecule has 2 rings (SSSR count). The van der Waals surface area contributed by atoms with Gasteiger partial charge in [-0.15, -0.1) is 11.3 Å². The van der Waals surface area contributed by atoms with Gasteiger partial charge >= 0.3 is 5.97 Å². The molecule has 0 atom stereocenters. The summed E-state index contributed by atoms with van der Waals surface area (Å²) in [6.07, 6.45) is 0. The number of hydrogen-bond acceptors (Lipinski definition) is 4. The SMILES string of the molecule is Cc1ccc(NS(=O)(=O)c2cc(C(=O)O)sc2C)cc1Br. The van der Waals surface area contributed by atoms with Gasteiger partial charge in [0.25, 0.3) is 10.0 Å². The van der Waals surface area contributed by atoms with E-state index in [1.54, 1.807) is 25.1 Å². The summed E-state index contributed by atoms with van der Waals surface area (Å²) < 4.78 is 27.9. The topological polar surface area (TPSA) is 83.5 Å². The number of carboxylic acid groups (broad SMARTS) is 1. The molecule has 0 saturated heterocycles. The van der Waals surface area contributed by atoms with Crippen molar-refractivity contribution in [3.63, 3.8) is 0 Å². The Morgan fingerprint density at radius 2 is 1.95 bits per heavy atom. The van der Waals surface area contributed by atoms with Crippen molar-refractivity contribution in [2.45, 2.75) is 18.7 Å². The standard InChI is InChI=1S/C13H12BrNO4S2/c1-7-3-4-9(5-10(7)14)15-21(18,19)12-6-11(13(16)17)20-8(12)2/h3-6,15H,1-2H3,(H,16,17). The third-order valence-electron chi connectivity index (χ3n) is 2.80. The molecule has 1 heterocycles. The molecule has 0 aliphatic carbocycles. The number of rotatable bonds is 4. The largest absolute Gasteiger partial charge is 0.477 e. The van der Waals surface area contributed by atoms with Gasteiger partial charge < -0.3 is 5.11 Å². The second kappa shape index (κ2) is 5.78. The summed E-state index contributed by atoms with van der Waals surface area (Å²) in [6, 6.07) is 6.27. The summed E-state index contributed by atoms with van der Waals surface area (Å²) in [7, 11) is -3.81. The molecule has 8 heteroatoms. The van der Waals surface area contributed by atoms with E-state index in [9.17, 15) is 13.2 Å². The summed E-state index contributed by atoms with van der Waals surface area (Å²) in [4.78, 5) is 11.3. The first kappa shape index (κ1) is 16.0. The van der Waals surface area contributed by atoms with Crippen molar-refractivity contribution >= 4 is 48.9 Å². The molecule has 0 bridgehead atoms. The number of thiophene rings is 1. The van der Waals surface area contributed by atoms with E-state index >= 15 is 0 Å². The lowest BCUT2D eigenvalue weighted by atomic mass is 10.2. The van der Waals surface area contributed by atoms with Crippen molar-refractivity contribution in [3.05, 3.63) is 44.1 Å². The fraction of sp³-hybridized carbons (Fsp3) is 0.154. The van der Waals surface area contributed by atoms with Gasteiger partial charge in [0.15, 0.2) is 0 Å². The van der Waals surface area contributed by atoms with Crippen LogP contribution in [0.25, 0.3) is 0 Å². The number of benzene rings is 1. The molecular weight excluding hydrogens is 378 g/mol. The average Bonchev–Trinajstić information content (AvgIpc) is 2.77. The van der Waals surface area contributed by atoms with E-state index in [4.69, 9.17) is 5.11 Å². The van der Waals surface area contributed by atoms with Crippen LogP contribution in [0.5, 0.6) is 0 Å². The van der Waals surface area contributed by atoms with Crippen LogP contribution in [0.3, 0.4) is 0 Å². The molecule has 0 amide bonds. The van der Waals surface area contributed by atoms with Gasteiger partial charge in [-0.05, 0) is 37.6 Å². The predicted molar refractivity (Wildman–Crippen MR) is 85.7 cm³/mol. The van der Waals surface area contributed by atoms with Crippen molar-refractivity contribution < 1.29 is 18.3 Å². The number of carboxylic acids is 1. The van der Waals surface area contributed by atoms with Gasteiger partial charge in [0.1, 0.15) is 9.77 Å². The van der Waals surface area contributed by atoms with E-state index < -0.39 is 16.0 Å². The van der Waals surface area contributed by atoms with Crippen LogP contribution in [0.15, 0.2) is 33.6 Å². The van der Waals surface area contributed by atoms with Crippen LogP contribution in [0.4, 0.5) is 5.69 Å². The molecule has 0 aliphatic rings. The zero-order valence-corrected chi connectivity index (χ0v) is 14.4. The molecule has 0 unspecified atom stereocenters. The Hall–Kier alpha value is -1.38. The molecule has 0 saturated carbocycles. The Labute approximate surface area is 134 Å². The average molecular weight is 390 g/mol. The smallest absolute Gasteiger partial charge is 0.345 e. The van der Waals surface area contributed by atoms with Crippen molar-refractivity contribution in [3.8, 4) is 0 Å². The van der Waals surface area contributed by atoms with E-state index in [0.29, 0.717) is 10.6 Å². The summed E-state index contributed by atoms with van der Waals surface area (Å²) in [6.45, 7) is 3.47. The third kappa shape index (κ3) is 3.45. The van der Waals surface area contributed by atoms with Gasteiger partial charge in [0.05, 0.1) is 0 Å². The molecule has 0 fully saturated rings. The summed E-state index contributed by atoms with van der Waals surface area (Å²) in [5.74, 6) is -1.14. The normalized spacial score (nSPS) is 11.4. The van der Waals surface area contributed by atoms with Crippen LogP contribution in [-0.2, 0) is 10.0 Å². The van der Waals surface area contributed by atoms with Crippen LogP contribution in [-0.4, -0.2) is 19.5 Å². The molecule has 1 aromatic carbocycles. The van der Waals surface area contributed by atoms with Gasteiger partial charge in [-0.2, -0.15) is 0 Å². The summed E-state index contributed by atoms with van der Waals surface area (Å²) >= 11 is 4.27. The molecule has 2 aromatic rings. The number of aromatic carboxylic acids is 1. The minimum absolute atomic E-state index is 0.00189. The number of sulfonamides is 1. The number of anilines is 1. The van der Waals surface area contributed by atoms with Crippen molar-refractivity contribution in [2.75, 3.05) is 4.72 Å². The molecule has 2 N–H and O–H groups in total. The second-order valence-electron chi connectivity index (χ2n) is 4.41. The first-order valence-corrected chi connectivity index (χ1v) is 8.92. The minimum atomic E-state index is -3.81. The highest BCUT2D eigenvalue weighted by Crippen LogP contribution is 2.28. The van der Waals surface area contributed by atoms with Crippen LogP contribution in [0.2, 0.25) is 0 Å². The highest BCUT2D eigenvalue weighted by Gasteiger charge is 2.22. The van der Waals surface area contributed by atoms with Crippen molar-refractivity contribution in [1.82, 2.24) is 0 Å². The highest BCUT2D eigenvalue weighted by molar-refractivity contribution is 9.10. The van der Waals surface area contributed by atoms with E-state index in [1.165, 1.54) is 6.07 Å². The fourth-order valence-corrected chi connectivity index (χ4v) is 4.56. The molecule has 1 aromatic heterocycles. The third-order valence-corrected chi connectivity index (χ3v) is 6.33. The Morgan fingerprint density at radius 3 is 2.48 bits per heavy atom. The molecular formula is C13H12BrNO4S2. The lowest BCUT2D eigenvalue weighted by molar-refractivity contribution is 0.0702. The Kier molecular flexibility index (Phi) is 4.40.